The average Bonchev–Trinajstić information content (AvgIpc) is 2.51. The van der Waals surface area contributed by atoms with Gasteiger partial charge in [-0.1, -0.05) is 12.1 Å². The topological polar surface area (TPSA) is 50.8 Å². The summed E-state index contributed by atoms with van der Waals surface area (Å²) in [4.78, 5) is 13.9. The lowest BCUT2D eigenvalue weighted by Crippen LogP contribution is -2.50. The number of ether oxygens (including phenoxy) is 2. The van der Waals surface area contributed by atoms with E-state index >= 15 is 0 Å². The zero-order valence-corrected chi connectivity index (χ0v) is 12.9. The molecule has 0 aliphatic heterocycles. The number of esters is 1. The number of nitrogens with zero attached hydrogens (tertiary/aromatic N) is 1. The van der Waals surface area contributed by atoms with Crippen molar-refractivity contribution in [2.24, 2.45) is 0 Å². The molecule has 0 aromatic heterocycles. The maximum Gasteiger partial charge on any atom is 0.325 e. The number of methoxy groups -OCH3 is 2. The molecule has 0 radical (unpaired) electrons. The fourth-order valence-corrected chi connectivity index (χ4v) is 2.01. The molecule has 0 saturated carbocycles. The fourth-order valence-electron chi connectivity index (χ4n) is 2.01. The van der Waals surface area contributed by atoms with Crippen molar-refractivity contribution in [3.63, 3.8) is 0 Å². The Morgan fingerprint density at radius 1 is 1.35 bits per heavy atom. The number of nitrogens with one attached hydrogen (secondary N) is 1. The molecule has 1 unspecified atom stereocenters. The van der Waals surface area contributed by atoms with Gasteiger partial charge in [0.1, 0.15) is 11.3 Å². The van der Waals surface area contributed by atoms with Gasteiger partial charge in [-0.15, -0.1) is 0 Å². The van der Waals surface area contributed by atoms with E-state index in [1.54, 1.807) is 14.2 Å². The molecule has 0 bridgehead atoms. The van der Waals surface area contributed by atoms with Crippen LogP contribution < -0.4 is 15.0 Å². The van der Waals surface area contributed by atoms with Crippen LogP contribution in [-0.4, -0.2) is 46.4 Å². The number of carbonyl (C=O) groups excluding carboxylic acids is 1. The van der Waals surface area contributed by atoms with Crippen LogP contribution in [0.5, 0.6) is 5.75 Å². The third-order valence-electron chi connectivity index (χ3n) is 3.63. The Morgan fingerprint density at radius 3 is 2.55 bits per heavy atom. The Labute approximate surface area is 120 Å². The molecule has 5 heteroatoms. The van der Waals surface area contributed by atoms with Gasteiger partial charge in [0.2, 0.25) is 0 Å². The van der Waals surface area contributed by atoms with Gasteiger partial charge in [0.15, 0.2) is 0 Å². The van der Waals surface area contributed by atoms with Crippen LogP contribution in [0, 0.1) is 0 Å². The van der Waals surface area contributed by atoms with E-state index < -0.39 is 5.54 Å². The highest BCUT2D eigenvalue weighted by Crippen LogP contribution is 2.27. The highest BCUT2D eigenvalue weighted by atomic mass is 16.5. The van der Waals surface area contributed by atoms with Crippen LogP contribution in [-0.2, 0) is 9.53 Å². The SMILES string of the molecule is CNC(C)(CCN(C)c1ccccc1OC)C(=O)OC. The summed E-state index contributed by atoms with van der Waals surface area (Å²) in [6.07, 6.45) is 0.630. The summed E-state index contributed by atoms with van der Waals surface area (Å²) in [6.45, 7) is 2.54. The van der Waals surface area contributed by atoms with Crippen molar-refractivity contribution in [1.82, 2.24) is 5.32 Å². The van der Waals surface area contributed by atoms with Crippen molar-refractivity contribution < 1.29 is 14.3 Å². The lowest BCUT2D eigenvalue weighted by molar-refractivity contribution is -0.147. The van der Waals surface area contributed by atoms with Crippen molar-refractivity contribution >= 4 is 11.7 Å². The quantitative estimate of drug-likeness (QED) is 0.770. The van der Waals surface area contributed by atoms with Gasteiger partial charge in [-0.2, -0.15) is 0 Å². The Morgan fingerprint density at radius 2 is 2.00 bits per heavy atom. The van der Waals surface area contributed by atoms with Crippen LogP contribution >= 0.6 is 0 Å². The molecule has 20 heavy (non-hydrogen) atoms. The van der Waals surface area contributed by atoms with Crippen molar-refractivity contribution in [2.75, 3.05) is 39.8 Å². The third-order valence-corrected chi connectivity index (χ3v) is 3.63. The van der Waals surface area contributed by atoms with Gasteiger partial charge in [0.05, 0.1) is 19.9 Å². The molecule has 0 saturated heterocycles. The fraction of sp³-hybridized carbons (Fsp3) is 0.533. The number of hydrogen-bond acceptors (Lipinski definition) is 5. The Hall–Kier alpha value is -1.75. The van der Waals surface area contributed by atoms with Crippen molar-refractivity contribution in [1.29, 1.82) is 0 Å². The number of para-hydroxylation sites is 2. The molecule has 112 valence electrons. The van der Waals surface area contributed by atoms with Crippen LogP contribution in [0.15, 0.2) is 24.3 Å². The van der Waals surface area contributed by atoms with Crippen LogP contribution in [0.1, 0.15) is 13.3 Å². The maximum atomic E-state index is 11.8. The van der Waals surface area contributed by atoms with Gasteiger partial charge in [0.25, 0.3) is 0 Å². The van der Waals surface area contributed by atoms with Crippen LogP contribution in [0.3, 0.4) is 0 Å². The largest absolute Gasteiger partial charge is 0.495 e. The molecule has 1 rings (SSSR count). The first kappa shape index (κ1) is 16.3. The van der Waals surface area contributed by atoms with E-state index in [4.69, 9.17) is 9.47 Å². The third kappa shape index (κ3) is 3.63. The summed E-state index contributed by atoms with van der Waals surface area (Å²) >= 11 is 0. The summed E-state index contributed by atoms with van der Waals surface area (Å²) in [7, 11) is 6.80. The van der Waals surface area contributed by atoms with E-state index in [2.05, 4.69) is 10.2 Å². The average molecular weight is 280 g/mol. The van der Waals surface area contributed by atoms with Crippen molar-refractivity contribution in [3.8, 4) is 5.75 Å². The van der Waals surface area contributed by atoms with Crippen molar-refractivity contribution in [2.45, 2.75) is 18.9 Å². The Balaban J connectivity index is 2.76. The molecule has 0 spiro atoms. The highest BCUT2D eigenvalue weighted by Gasteiger charge is 2.32. The molecule has 0 aliphatic carbocycles. The number of rotatable bonds is 7. The molecule has 1 atom stereocenters. The van der Waals surface area contributed by atoms with E-state index in [1.165, 1.54) is 7.11 Å². The second-order valence-electron chi connectivity index (χ2n) is 4.92. The lowest BCUT2D eigenvalue weighted by atomic mass is 9.98. The summed E-state index contributed by atoms with van der Waals surface area (Å²) in [6, 6.07) is 7.81. The van der Waals surface area contributed by atoms with E-state index in [0.29, 0.717) is 13.0 Å². The van der Waals surface area contributed by atoms with Crippen LogP contribution in [0.25, 0.3) is 0 Å². The van der Waals surface area contributed by atoms with E-state index in [9.17, 15) is 4.79 Å². The summed E-state index contributed by atoms with van der Waals surface area (Å²) in [5.74, 6) is 0.563. The minimum atomic E-state index is -0.689. The van der Waals surface area contributed by atoms with Crippen molar-refractivity contribution in [3.05, 3.63) is 24.3 Å². The molecule has 5 nitrogen and oxygen atoms in total. The Kier molecular flexibility index (Phi) is 5.82. The molecule has 0 fully saturated rings. The first-order valence-corrected chi connectivity index (χ1v) is 6.60. The van der Waals surface area contributed by atoms with E-state index in [-0.39, 0.29) is 5.97 Å². The van der Waals surface area contributed by atoms with Gasteiger partial charge >= 0.3 is 5.97 Å². The van der Waals surface area contributed by atoms with E-state index in [1.807, 2.05) is 38.2 Å². The van der Waals surface area contributed by atoms with E-state index in [0.717, 1.165) is 11.4 Å². The number of hydrogen-bond donors (Lipinski definition) is 1. The molecule has 0 amide bonds. The normalized spacial score (nSPS) is 13.4. The van der Waals surface area contributed by atoms with Gasteiger partial charge in [-0.05, 0) is 32.5 Å². The molecule has 1 N–H and O–H groups in total. The maximum absolute atomic E-state index is 11.8. The molecular weight excluding hydrogens is 256 g/mol. The van der Waals surface area contributed by atoms with Crippen LogP contribution in [0.2, 0.25) is 0 Å². The number of carbonyl (C=O) groups is 1. The standard InChI is InChI=1S/C15H24N2O3/c1-15(16-2,14(18)20-5)10-11-17(3)12-8-6-7-9-13(12)19-4/h6-9,16H,10-11H2,1-5H3. The number of anilines is 1. The summed E-state index contributed by atoms with van der Waals surface area (Å²) < 4.78 is 10.2. The van der Waals surface area contributed by atoms with Crippen LogP contribution in [0.4, 0.5) is 5.69 Å². The highest BCUT2D eigenvalue weighted by molar-refractivity contribution is 5.80. The molecule has 0 heterocycles. The first-order valence-electron chi connectivity index (χ1n) is 6.60. The minimum absolute atomic E-state index is 0.256. The molecule has 0 aliphatic rings. The predicted octanol–water partition coefficient (Wildman–Crippen LogP) is 1.67. The zero-order chi connectivity index (χ0) is 15.2. The monoisotopic (exact) mass is 280 g/mol. The smallest absolute Gasteiger partial charge is 0.325 e. The lowest BCUT2D eigenvalue weighted by Gasteiger charge is -2.29. The molecule has 1 aromatic carbocycles. The minimum Gasteiger partial charge on any atom is -0.495 e. The molecule has 1 aromatic rings. The first-order chi connectivity index (χ1) is 9.48. The molecular formula is C15H24N2O3. The predicted molar refractivity (Wildman–Crippen MR) is 80.4 cm³/mol. The van der Waals surface area contributed by atoms with Gasteiger partial charge < -0.3 is 19.7 Å². The number of benzene rings is 1. The second-order valence-corrected chi connectivity index (χ2v) is 4.92. The summed E-state index contributed by atoms with van der Waals surface area (Å²) in [5.41, 5.74) is 0.309. The second kappa shape index (κ2) is 7.14. The van der Waals surface area contributed by atoms with Gasteiger partial charge in [-0.3, -0.25) is 4.79 Å². The van der Waals surface area contributed by atoms with Gasteiger partial charge in [0, 0.05) is 13.6 Å². The number of likely N-dealkylation sites (N-methyl/N-ethyl adjacent to an activating group) is 1. The Bertz CT molecular complexity index is 450. The summed E-state index contributed by atoms with van der Waals surface area (Å²) in [5, 5.41) is 3.03. The van der Waals surface area contributed by atoms with Gasteiger partial charge in [-0.25, -0.2) is 0 Å². The zero-order valence-electron chi connectivity index (χ0n) is 12.9.